The summed E-state index contributed by atoms with van der Waals surface area (Å²) in [7, 11) is 1.56. The number of nitrogens with one attached hydrogen (secondary N) is 3. The number of aromatic amines is 1. The summed E-state index contributed by atoms with van der Waals surface area (Å²) in [5.41, 5.74) is 1.36. The van der Waals surface area contributed by atoms with E-state index >= 15 is 0 Å². The quantitative estimate of drug-likeness (QED) is 0.418. The first-order valence-electron chi connectivity index (χ1n) is 10.3. The molecule has 4 rings (SSSR count). The van der Waals surface area contributed by atoms with E-state index in [1.165, 1.54) is 0 Å². The molecular weight excluding hydrogens is 526 g/mol. The molecule has 2 aromatic carbocycles. The second kappa shape index (κ2) is 9.72. The lowest BCUT2D eigenvalue weighted by Crippen LogP contribution is -2.45. The lowest BCUT2D eigenvalue weighted by Gasteiger charge is -2.15. The zero-order valence-corrected chi connectivity index (χ0v) is 20.4. The van der Waals surface area contributed by atoms with Crippen LogP contribution in [0.3, 0.4) is 0 Å². The molecule has 1 fully saturated rings. The molecule has 3 N–H and O–H groups in total. The van der Waals surface area contributed by atoms with E-state index in [1.807, 2.05) is 0 Å². The number of hydroxylamine groups is 1. The summed E-state index contributed by atoms with van der Waals surface area (Å²) in [5.74, 6) is 0.298. The van der Waals surface area contributed by atoms with Crippen LogP contribution < -0.4 is 31.5 Å². The van der Waals surface area contributed by atoms with Gasteiger partial charge >= 0.3 is 5.69 Å². The van der Waals surface area contributed by atoms with E-state index in [2.05, 4.69) is 36.8 Å². The van der Waals surface area contributed by atoms with Gasteiger partial charge in [0.1, 0.15) is 29.9 Å². The van der Waals surface area contributed by atoms with E-state index in [9.17, 15) is 19.2 Å². The van der Waals surface area contributed by atoms with Crippen LogP contribution in [-0.2, 0) is 9.63 Å². The Morgan fingerprint density at radius 1 is 1.20 bits per heavy atom. The molecule has 12 nitrogen and oxygen atoms in total. The minimum Gasteiger partial charge on any atom is -0.496 e. The van der Waals surface area contributed by atoms with Crippen molar-refractivity contribution in [2.24, 2.45) is 0 Å². The van der Waals surface area contributed by atoms with E-state index in [4.69, 9.17) is 14.3 Å². The summed E-state index contributed by atoms with van der Waals surface area (Å²) in [4.78, 5) is 55.7. The maximum absolute atomic E-state index is 12.5. The van der Waals surface area contributed by atoms with Crippen LogP contribution in [0.1, 0.15) is 21.6 Å². The van der Waals surface area contributed by atoms with Gasteiger partial charge in [-0.15, -0.1) is 0 Å². The Kier molecular flexibility index (Phi) is 6.71. The summed E-state index contributed by atoms with van der Waals surface area (Å²) in [6.45, 7) is 3.47. The standard InChI is InChI=1S/C22H20BrN5O7/c1-10-6-12(7-11(2)18(10)35-13-4-5-16(33-3)14(23)8-13)28-22(32)25-21(31)17(26-28)20(30)24-15-9-34-27-19(15)29/h4-8,15H,9H2,1-3H3,(H,24,30)(H,27,29)(H,25,31,32). The molecule has 2 amide bonds. The van der Waals surface area contributed by atoms with Crippen molar-refractivity contribution in [2.45, 2.75) is 19.9 Å². The number of hydrogen-bond donors (Lipinski definition) is 3. The SMILES string of the molecule is COc1ccc(Oc2c(C)cc(-n3nc(C(=O)NC4CONC4=O)c(=O)[nH]c3=O)cc2C)cc1Br. The smallest absolute Gasteiger partial charge is 0.349 e. The molecule has 0 bridgehead atoms. The fraction of sp³-hybridized carbons (Fsp3) is 0.227. The van der Waals surface area contributed by atoms with Gasteiger partial charge in [0.15, 0.2) is 0 Å². The number of rotatable bonds is 6. The van der Waals surface area contributed by atoms with Crippen LogP contribution in [0.2, 0.25) is 0 Å². The number of carbonyl (C=O) groups excluding carboxylic acids is 2. The highest BCUT2D eigenvalue weighted by Crippen LogP contribution is 2.34. The Labute approximate surface area is 206 Å². The predicted molar refractivity (Wildman–Crippen MR) is 126 cm³/mol. The summed E-state index contributed by atoms with van der Waals surface area (Å²) in [5, 5.41) is 6.30. The zero-order chi connectivity index (χ0) is 25.3. The number of hydrogen-bond acceptors (Lipinski definition) is 8. The minimum atomic E-state index is -0.985. The Balaban J connectivity index is 1.66. The Hall–Kier alpha value is -3.97. The number of nitrogens with zero attached hydrogens (tertiary/aromatic N) is 2. The number of H-pyrrole nitrogens is 1. The molecule has 0 saturated carbocycles. The molecule has 2 heterocycles. The average molecular weight is 546 g/mol. The van der Waals surface area contributed by atoms with Crippen molar-refractivity contribution in [3.8, 4) is 22.9 Å². The van der Waals surface area contributed by atoms with Gasteiger partial charge in [0, 0.05) is 0 Å². The molecule has 35 heavy (non-hydrogen) atoms. The highest BCUT2D eigenvalue weighted by molar-refractivity contribution is 9.10. The Morgan fingerprint density at radius 2 is 1.91 bits per heavy atom. The summed E-state index contributed by atoms with van der Waals surface area (Å²) < 4.78 is 12.9. The minimum absolute atomic E-state index is 0.104. The molecular formula is C22H20BrN5O7. The largest absolute Gasteiger partial charge is 0.496 e. The maximum atomic E-state index is 12.5. The van der Waals surface area contributed by atoms with Crippen molar-refractivity contribution < 1.29 is 23.9 Å². The molecule has 1 aliphatic heterocycles. The van der Waals surface area contributed by atoms with Crippen molar-refractivity contribution in [2.75, 3.05) is 13.7 Å². The highest BCUT2D eigenvalue weighted by atomic mass is 79.9. The fourth-order valence-electron chi connectivity index (χ4n) is 3.44. The van der Waals surface area contributed by atoms with Crippen LogP contribution in [0, 0.1) is 13.8 Å². The third-order valence-electron chi connectivity index (χ3n) is 5.12. The Morgan fingerprint density at radius 3 is 2.51 bits per heavy atom. The number of carbonyl (C=O) groups is 2. The molecule has 0 radical (unpaired) electrons. The van der Waals surface area contributed by atoms with Crippen molar-refractivity contribution in [1.29, 1.82) is 0 Å². The number of benzene rings is 2. The molecule has 1 atom stereocenters. The van der Waals surface area contributed by atoms with Crippen LogP contribution in [-0.4, -0.2) is 46.3 Å². The fourth-order valence-corrected chi connectivity index (χ4v) is 3.96. The third kappa shape index (κ3) is 4.95. The Bertz CT molecular complexity index is 1430. The van der Waals surface area contributed by atoms with E-state index < -0.39 is 34.8 Å². The van der Waals surface area contributed by atoms with Crippen LogP contribution in [0.5, 0.6) is 17.2 Å². The van der Waals surface area contributed by atoms with Crippen molar-refractivity contribution in [3.05, 3.63) is 72.5 Å². The predicted octanol–water partition coefficient (Wildman–Crippen LogP) is 1.26. The molecule has 0 spiro atoms. The van der Waals surface area contributed by atoms with Gasteiger partial charge < -0.3 is 14.8 Å². The molecule has 1 unspecified atom stereocenters. The normalized spacial score (nSPS) is 15.0. The molecule has 13 heteroatoms. The van der Waals surface area contributed by atoms with Crippen LogP contribution >= 0.6 is 15.9 Å². The number of aromatic nitrogens is 3. The van der Waals surface area contributed by atoms with E-state index in [1.54, 1.807) is 51.3 Å². The van der Waals surface area contributed by atoms with E-state index in [0.29, 0.717) is 34.1 Å². The van der Waals surface area contributed by atoms with Gasteiger partial charge in [-0.1, -0.05) is 0 Å². The first-order chi connectivity index (χ1) is 16.7. The van der Waals surface area contributed by atoms with Crippen LogP contribution in [0.25, 0.3) is 5.69 Å². The van der Waals surface area contributed by atoms with Gasteiger partial charge in [0.2, 0.25) is 5.69 Å². The molecule has 1 saturated heterocycles. The van der Waals surface area contributed by atoms with Crippen molar-refractivity contribution >= 4 is 27.7 Å². The third-order valence-corrected chi connectivity index (χ3v) is 5.74. The van der Waals surface area contributed by atoms with E-state index in [-0.39, 0.29) is 6.61 Å². The van der Waals surface area contributed by atoms with Gasteiger partial charge in [-0.25, -0.2) is 10.3 Å². The number of halogens is 1. The first-order valence-corrected chi connectivity index (χ1v) is 11.1. The molecule has 3 aromatic rings. The molecule has 0 aliphatic carbocycles. The van der Waals surface area contributed by atoms with Gasteiger partial charge in [-0.2, -0.15) is 9.78 Å². The van der Waals surface area contributed by atoms with Crippen LogP contribution in [0.15, 0.2) is 44.4 Å². The highest BCUT2D eigenvalue weighted by Gasteiger charge is 2.29. The first kappa shape index (κ1) is 24.2. The summed E-state index contributed by atoms with van der Waals surface area (Å²) >= 11 is 3.42. The average Bonchev–Trinajstić information content (AvgIpc) is 3.20. The van der Waals surface area contributed by atoms with Crippen LogP contribution in [0.4, 0.5) is 0 Å². The van der Waals surface area contributed by atoms with Crippen molar-refractivity contribution in [3.63, 3.8) is 0 Å². The topological polar surface area (TPSA) is 154 Å². The maximum Gasteiger partial charge on any atom is 0.349 e. The van der Waals surface area contributed by atoms with Gasteiger partial charge in [-0.05, 0) is 71.2 Å². The van der Waals surface area contributed by atoms with Gasteiger partial charge in [0.25, 0.3) is 17.4 Å². The second-order valence-corrected chi connectivity index (χ2v) is 8.48. The van der Waals surface area contributed by atoms with E-state index in [0.717, 1.165) is 9.15 Å². The number of amides is 2. The lowest BCUT2D eigenvalue weighted by molar-refractivity contribution is -0.125. The monoisotopic (exact) mass is 545 g/mol. The molecule has 1 aliphatic rings. The number of aryl methyl sites for hydroxylation is 2. The second-order valence-electron chi connectivity index (χ2n) is 7.63. The van der Waals surface area contributed by atoms with Gasteiger partial charge in [-0.3, -0.25) is 24.2 Å². The van der Waals surface area contributed by atoms with Crippen molar-refractivity contribution in [1.82, 2.24) is 25.6 Å². The summed E-state index contributed by atoms with van der Waals surface area (Å²) in [6, 6.07) is 7.56. The molecule has 1 aromatic heterocycles. The molecule has 182 valence electrons. The number of ether oxygens (including phenoxy) is 2. The lowest BCUT2D eigenvalue weighted by atomic mass is 10.1. The number of methoxy groups -OCH3 is 1. The zero-order valence-electron chi connectivity index (χ0n) is 18.8. The van der Waals surface area contributed by atoms with Gasteiger partial charge in [0.05, 0.1) is 17.3 Å². The summed E-state index contributed by atoms with van der Waals surface area (Å²) in [6.07, 6.45) is 0.